The Morgan fingerprint density at radius 3 is 2.27 bits per heavy atom. The van der Waals surface area contributed by atoms with E-state index in [1.807, 2.05) is 48.5 Å². The summed E-state index contributed by atoms with van der Waals surface area (Å²) in [5, 5.41) is 6.15. The molecule has 22 heavy (non-hydrogen) atoms. The number of guanidine groups is 1. The average Bonchev–Trinajstić information content (AvgIpc) is 3.38. The number of hydrogen-bond acceptors (Lipinski definition) is 2. The summed E-state index contributed by atoms with van der Waals surface area (Å²) >= 11 is 0. The molecule has 1 amide bonds. The third kappa shape index (κ3) is 4.19. The van der Waals surface area contributed by atoms with Crippen LogP contribution in [0, 0.1) is 0 Å². The fourth-order valence-electron chi connectivity index (χ4n) is 2.07. The van der Waals surface area contributed by atoms with Gasteiger partial charge in [-0.05, 0) is 30.5 Å². The first kappa shape index (κ1) is 14.3. The summed E-state index contributed by atoms with van der Waals surface area (Å²) in [7, 11) is 0. The van der Waals surface area contributed by atoms with E-state index in [9.17, 15) is 4.79 Å². The van der Waals surface area contributed by atoms with E-state index in [1.54, 1.807) is 12.1 Å². The summed E-state index contributed by atoms with van der Waals surface area (Å²) in [4.78, 5) is 16.7. The Morgan fingerprint density at radius 1 is 1.00 bits per heavy atom. The first-order chi connectivity index (χ1) is 10.8. The van der Waals surface area contributed by atoms with Gasteiger partial charge in [0.2, 0.25) is 0 Å². The molecule has 3 rings (SSSR count). The Hall–Kier alpha value is -2.62. The molecule has 1 saturated carbocycles. The predicted molar refractivity (Wildman–Crippen MR) is 87.6 cm³/mol. The van der Waals surface area contributed by atoms with Crippen molar-refractivity contribution in [3.63, 3.8) is 0 Å². The number of amides is 1. The summed E-state index contributed by atoms with van der Waals surface area (Å²) < 4.78 is 0. The number of rotatable bonds is 4. The highest BCUT2D eigenvalue weighted by atomic mass is 16.1. The summed E-state index contributed by atoms with van der Waals surface area (Å²) in [5.74, 6) is 0.417. The standard InChI is InChI=1S/C18H19N3O/c22-17(15-9-5-2-6-10-15)21-18(20-16-11-12-16)19-13-14-7-3-1-4-8-14/h1-10,16H,11-13H2,(H2,19,20,21,22). The second kappa shape index (κ2) is 6.89. The van der Waals surface area contributed by atoms with Crippen molar-refractivity contribution in [1.29, 1.82) is 0 Å². The van der Waals surface area contributed by atoms with E-state index in [0.29, 0.717) is 24.1 Å². The van der Waals surface area contributed by atoms with Gasteiger partial charge in [-0.25, -0.2) is 4.99 Å². The second-order valence-electron chi connectivity index (χ2n) is 5.39. The molecule has 0 aromatic heterocycles. The SMILES string of the molecule is O=C(NC(=NCc1ccccc1)NC1CC1)c1ccccc1. The summed E-state index contributed by atoms with van der Waals surface area (Å²) in [6.45, 7) is 0.547. The molecular formula is C18H19N3O. The number of aliphatic imine (C=N–C) groups is 1. The first-order valence-corrected chi connectivity index (χ1v) is 7.52. The van der Waals surface area contributed by atoms with Gasteiger partial charge in [0, 0.05) is 11.6 Å². The van der Waals surface area contributed by atoms with Crippen LogP contribution in [0.2, 0.25) is 0 Å². The topological polar surface area (TPSA) is 53.5 Å². The van der Waals surface area contributed by atoms with Crippen LogP contribution < -0.4 is 10.6 Å². The third-order valence-electron chi connectivity index (χ3n) is 3.45. The van der Waals surface area contributed by atoms with Crippen molar-refractivity contribution in [3.05, 3.63) is 71.8 Å². The van der Waals surface area contributed by atoms with E-state index in [2.05, 4.69) is 15.6 Å². The van der Waals surface area contributed by atoms with E-state index in [0.717, 1.165) is 18.4 Å². The van der Waals surface area contributed by atoms with Gasteiger partial charge in [0.05, 0.1) is 6.54 Å². The van der Waals surface area contributed by atoms with Crippen molar-refractivity contribution in [2.45, 2.75) is 25.4 Å². The third-order valence-corrected chi connectivity index (χ3v) is 3.45. The maximum absolute atomic E-state index is 12.2. The highest BCUT2D eigenvalue weighted by Gasteiger charge is 2.23. The number of carbonyl (C=O) groups excluding carboxylic acids is 1. The number of benzene rings is 2. The molecule has 0 aliphatic heterocycles. The average molecular weight is 293 g/mol. The maximum atomic E-state index is 12.2. The second-order valence-corrected chi connectivity index (χ2v) is 5.39. The van der Waals surface area contributed by atoms with Gasteiger partial charge in [0.25, 0.3) is 5.91 Å². The molecule has 0 atom stereocenters. The number of nitrogens with one attached hydrogen (secondary N) is 2. The van der Waals surface area contributed by atoms with Crippen LogP contribution in [-0.2, 0) is 6.54 Å². The van der Waals surface area contributed by atoms with Gasteiger partial charge >= 0.3 is 0 Å². The molecule has 2 aromatic carbocycles. The molecule has 0 bridgehead atoms. The molecule has 112 valence electrons. The van der Waals surface area contributed by atoms with Gasteiger partial charge < -0.3 is 5.32 Å². The number of hydrogen-bond donors (Lipinski definition) is 2. The smallest absolute Gasteiger partial charge is 0.257 e. The van der Waals surface area contributed by atoms with Crippen molar-refractivity contribution in [1.82, 2.24) is 10.6 Å². The van der Waals surface area contributed by atoms with E-state index in [4.69, 9.17) is 0 Å². The molecular weight excluding hydrogens is 274 g/mol. The van der Waals surface area contributed by atoms with Gasteiger partial charge in [-0.1, -0.05) is 48.5 Å². The van der Waals surface area contributed by atoms with Crippen LogP contribution >= 0.6 is 0 Å². The summed E-state index contributed by atoms with van der Waals surface area (Å²) in [6.07, 6.45) is 2.26. The Labute approximate surface area is 130 Å². The van der Waals surface area contributed by atoms with E-state index in [-0.39, 0.29) is 5.91 Å². The zero-order chi connectivity index (χ0) is 15.2. The molecule has 0 spiro atoms. The molecule has 2 aromatic rings. The molecule has 0 unspecified atom stereocenters. The van der Waals surface area contributed by atoms with Gasteiger partial charge in [-0.3, -0.25) is 10.1 Å². The van der Waals surface area contributed by atoms with Gasteiger partial charge in [0.15, 0.2) is 5.96 Å². The minimum atomic E-state index is -0.138. The number of nitrogens with zero attached hydrogens (tertiary/aromatic N) is 1. The highest BCUT2D eigenvalue weighted by molar-refractivity contribution is 6.05. The van der Waals surface area contributed by atoms with Crippen LogP contribution in [0.3, 0.4) is 0 Å². The minimum Gasteiger partial charge on any atom is -0.353 e. The molecule has 1 aliphatic rings. The van der Waals surface area contributed by atoms with Crippen molar-refractivity contribution in [3.8, 4) is 0 Å². The van der Waals surface area contributed by atoms with Crippen LogP contribution in [0.1, 0.15) is 28.8 Å². The van der Waals surface area contributed by atoms with Gasteiger partial charge in [-0.15, -0.1) is 0 Å². The molecule has 0 saturated heterocycles. The molecule has 1 fully saturated rings. The number of carbonyl (C=O) groups is 1. The van der Waals surface area contributed by atoms with Gasteiger partial charge in [-0.2, -0.15) is 0 Å². The summed E-state index contributed by atoms with van der Waals surface area (Å²) in [5.41, 5.74) is 1.75. The molecule has 0 radical (unpaired) electrons. The Morgan fingerprint density at radius 2 is 1.64 bits per heavy atom. The Balaban J connectivity index is 1.68. The van der Waals surface area contributed by atoms with Crippen LogP contribution in [0.25, 0.3) is 0 Å². The zero-order valence-electron chi connectivity index (χ0n) is 12.3. The minimum absolute atomic E-state index is 0.138. The van der Waals surface area contributed by atoms with Crippen LogP contribution in [0.4, 0.5) is 0 Å². The lowest BCUT2D eigenvalue weighted by atomic mass is 10.2. The van der Waals surface area contributed by atoms with Crippen molar-refractivity contribution < 1.29 is 4.79 Å². The normalized spacial score (nSPS) is 14.5. The van der Waals surface area contributed by atoms with E-state index < -0.39 is 0 Å². The van der Waals surface area contributed by atoms with Crippen LogP contribution in [-0.4, -0.2) is 17.9 Å². The maximum Gasteiger partial charge on any atom is 0.257 e. The lowest BCUT2D eigenvalue weighted by molar-refractivity contribution is 0.0975. The fraction of sp³-hybridized carbons (Fsp3) is 0.222. The Bertz CT molecular complexity index is 649. The van der Waals surface area contributed by atoms with Gasteiger partial charge in [0.1, 0.15) is 0 Å². The molecule has 1 aliphatic carbocycles. The van der Waals surface area contributed by atoms with Crippen molar-refractivity contribution in [2.24, 2.45) is 4.99 Å². The van der Waals surface area contributed by atoms with Crippen molar-refractivity contribution >= 4 is 11.9 Å². The zero-order valence-corrected chi connectivity index (χ0v) is 12.3. The molecule has 4 nitrogen and oxygen atoms in total. The summed E-state index contributed by atoms with van der Waals surface area (Å²) in [6, 6.07) is 19.6. The largest absolute Gasteiger partial charge is 0.353 e. The molecule has 2 N–H and O–H groups in total. The lowest BCUT2D eigenvalue weighted by Gasteiger charge is -2.11. The predicted octanol–water partition coefficient (Wildman–Crippen LogP) is 2.72. The lowest BCUT2D eigenvalue weighted by Crippen LogP contribution is -2.42. The highest BCUT2D eigenvalue weighted by Crippen LogP contribution is 2.18. The first-order valence-electron chi connectivity index (χ1n) is 7.52. The van der Waals surface area contributed by atoms with Crippen LogP contribution in [0.5, 0.6) is 0 Å². The van der Waals surface area contributed by atoms with E-state index in [1.165, 1.54) is 0 Å². The fourth-order valence-corrected chi connectivity index (χ4v) is 2.07. The molecule has 4 heteroatoms. The van der Waals surface area contributed by atoms with Crippen LogP contribution in [0.15, 0.2) is 65.7 Å². The quantitative estimate of drug-likeness (QED) is 0.672. The van der Waals surface area contributed by atoms with E-state index >= 15 is 0 Å². The molecule has 0 heterocycles. The Kier molecular flexibility index (Phi) is 4.49. The van der Waals surface area contributed by atoms with Crippen molar-refractivity contribution in [2.75, 3.05) is 0 Å². The monoisotopic (exact) mass is 293 g/mol.